The third-order valence-electron chi connectivity index (χ3n) is 3.32. The van der Waals surface area contributed by atoms with Crippen LogP contribution >= 0.6 is 11.8 Å². The molecule has 126 valence electrons. The molecule has 0 radical (unpaired) electrons. The highest BCUT2D eigenvalue weighted by atomic mass is 32.2. The maximum Gasteiger partial charge on any atom is 0.312 e. The Morgan fingerprint density at radius 3 is 2.83 bits per heavy atom. The molecule has 1 aromatic carbocycles. The van der Waals surface area contributed by atoms with E-state index >= 15 is 0 Å². The van der Waals surface area contributed by atoms with Gasteiger partial charge < -0.3 is 25.8 Å². The third-order valence-corrected chi connectivity index (χ3v) is 3.96. The Bertz CT molecular complexity index is 555. The molecule has 1 aliphatic rings. The van der Waals surface area contributed by atoms with E-state index in [1.165, 1.54) is 0 Å². The lowest BCUT2D eigenvalue weighted by atomic mass is 10.2. The van der Waals surface area contributed by atoms with Crippen molar-refractivity contribution in [2.45, 2.75) is 18.6 Å². The van der Waals surface area contributed by atoms with Gasteiger partial charge in [-0.1, -0.05) is 12.1 Å². The first-order chi connectivity index (χ1) is 11.1. The van der Waals surface area contributed by atoms with Gasteiger partial charge in [-0.2, -0.15) is 11.8 Å². The molecular weight excluding hydrogens is 318 g/mol. The molecule has 0 aliphatic carbocycles. The number of nitrogens with one attached hydrogen (secondary N) is 2. The fourth-order valence-corrected chi connectivity index (χ4v) is 2.65. The summed E-state index contributed by atoms with van der Waals surface area (Å²) < 4.78 is 11.4. The number of benzene rings is 1. The molecule has 1 heterocycles. The molecule has 1 aliphatic heterocycles. The third kappa shape index (κ3) is 5.24. The molecule has 8 heteroatoms. The molecule has 0 saturated heterocycles. The Labute approximate surface area is 139 Å². The van der Waals surface area contributed by atoms with E-state index in [9.17, 15) is 9.59 Å². The predicted octanol–water partition coefficient (Wildman–Crippen LogP) is 0.733. The number of ether oxygens (including phenoxy) is 2. The highest BCUT2D eigenvalue weighted by Gasteiger charge is 2.24. The van der Waals surface area contributed by atoms with Crippen LogP contribution < -0.4 is 25.8 Å². The first kappa shape index (κ1) is 17.3. The number of carbonyl (C=O) groups excluding carboxylic acids is 2. The number of thioether (sulfide) groups is 1. The van der Waals surface area contributed by atoms with Crippen molar-refractivity contribution < 1.29 is 19.1 Å². The van der Waals surface area contributed by atoms with Gasteiger partial charge in [0, 0.05) is 0 Å². The minimum atomic E-state index is -0.711. The van der Waals surface area contributed by atoms with E-state index in [4.69, 9.17) is 15.2 Å². The van der Waals surface area contributed by atoms with E-state index in [2.05, 4.69) is 10.6 Å². The van der Waals surface area contributed by atoms with Crippen molar-refractivity contribution in [2.24, 2.45) is 5.73 Å². The fourth-order valence-electron chi connectivity index (χ4n) is 2.18. The van der Waals surface area contributed by atoms with Crippen molar-refractivity contribution in [1.82, 2.24) is 10.6 Å². The van der Waals surface area contributed by atoms with Gasteiger partial charge in [-0.3, -0.25) is 4.79 Å². The van der Waals surface area contributed by atoms with Gasteiger partial charge in [-0.15, -0.1) is 0 Å². The highest BCUT2D eigenvalue weighted by molar-refractivity contribution is 7.98. The smallest absolute Gasteiger partial charge is 0.312 e. The second kappa shape index (κ2) is 8.52. The Morgan fingerprint density at radius 1 is 1.39 bits per heavy atom. The first-order valence-electron chi connectivity index (χ1n) is 7.31. The molecule has 0 bridgehead atoms. The second-order valence-corrected chi connectivity index (χ2v) is 6.07. The van der Waals surface area contributed by atoms with Crippen LogP contribution in [0.2, 0.25) is 0 Å². The molecule has 2 atom stereocenters. The van der Waals surface area contributed by atoms with Crippen LogP contribution in [-0.4, -0.2) is 49.2 Å². The van der Waals surface area contributed by atoms with Crippen LogP contribution in [-0.2, 0) is 4.79 Å². The van der Waals surface area contributed by atoms with Crippen LogP contribution in [0.15, 0.2) is 24.3 Å². The topological polar surface area (TPSA) is 103 Å². The van der Waals surface area contributed by atoms with Crippen LogP contribution in [0, 0.1) is 0 Å². The monoisotopic (exact) mass is 339 g/mol. The Hall–Kier alpha value is -2.09. The fraction of sp³-hybridized carbons (Fsp3) is 0.467. The van der Waals surface area contributed by atoms with Crippen molar-refractivity contribution in [2.75, 3.05) is 25.2 Å². The summed E-state index contributed by atoms with van der Waals surface area (Å²) in [5.74, 6) is 1.82. The molecule has 0 unspecified atom stereocenters. The molecule has 0 spiro atoms. The first-order valence-corrected chi connectivity index (χ1v) is 8.70. The minimum Gasteiger partial charge on any atom is -0.486 e. The summed E-state index contributed by atoms with van der Waals surface area (Å²) in [5.41, 5.74) is 5.11. The van der Waals surface area contributed by atoms with Crippen LogP contribution in [0.3, 0.4) is 0 Å². The molecule has 1 aromatic rings. The normalized spacial score (nSPS) is 17.2. The number of amides is 3. The highest BCUT2D eigenvalue weighted by Crippen LogP contribution is 2.30. The van der Waals surface area contributed by atoms with Crippen molar-refractivity contribution in [3.63, 3.8) is 0 Å². The zero-order chi connectivity index (χ0) is 16.7. The zero-order valence-corrected chi connectivity index (χ0v) is 13.7. The number of para-hydroxylation sites is 2. The Morgan fingerprint density at radius 2 is 2.13 bits per heavy atom. The summed E-state index contributed by atoms with van der Waals surface area (Å²) in [6, 6.07) is 6.03. The summed E-state index contributed by atoms with van der Waals surface area (Å²) >= 11 is 1.60. The number of hydrogen-bond donors (Lipinski definition) is 3. The van der Waals surface area contributed by atoms with Crippen LogP contribution in [0.4, 0.5) is 4.79 Å². The van der Waals surface area contributed by atoms with Gasteiger partial charge in [0.2, 0.25) is 5.91 Å². The predicted molar refractivity (Wildman–Crippen MR) is 88.9 cm³/mol. The van der Waals surface area contributed by atoms with Crippen LogP contribution in [0.25, 0.3) is 0 Å². The summed E-state index contributed by atoms with van der Waals surface area (Å²) in [5, 5.41) is 5.23. The number of hydrogen-bond acceptors (Lipinski definition) is 5. The molecule has 0 aromatic heterocycles. The summed E-state index contributed by atoms with van der Waals surface area (Å²) in [7, 11) is 0. The lowest BCUT2D eigenvalue weighted by molar-refractivity contribution is -0.123. The van der Waals surface area contributed by atoms with E-state index in [1.807, 2.05) is 30.5 Å². The average Bonchev–Trinajstić information content (AvgIpc) is 2.56. The van der Waals surface area contributed by atoms with Gasteiger partial charge in [0.05, 0.1) is 6.54 Å². The van der Waals surface area contributed by atoms with Crippen molar-refractivity contribution >= 4 is 23.7 Å². The quantitative estimate of drug-likeness (QED) is 0.680. The molecule has 4 N–H and O–H groups in total. The van der Waals surface area contributed by atoms with Crippen LogP contribution in [0.1, 0.15) is 6.42 Å². The number of fused-ring (bicyclic) bond motifs is 1. The number of carbonyl (C=O) groups is 2. The van der Waals surface area contributed by atoms with Gasteiger partial charge in [0.1, 0.15) is 18.8 Å². The summed E-state index contributed by atoms with van der Waals surface area (Å²) in [6.45, 7) is 0.652. The van der Waals surface area contributed by atoms with Crippen molar-refractivity contribution in [1.29, 1.82) is 0 Å². The summed E-state index contributed by atoms with van der Waals surface area (Å²) in [6.07, 6.45) is 2.17. The number of rotatable bonds is 7. The molecule has 0 fully saturated rings. The Kier molecular flexibility index (Phi) is 6.40. The number of urea groups is 1. The van der Waals surface area contributed by atoms with Gasteiger partial charge in [0.25, 0.3) is 0 Å². The van der Waals surface area contributed by atoms with E-state index in [0.717, 1.165) is 5.75 Å². The van der Waals surface area contributed by atoms with E-state index in [-0.39, 0.29) is 12.0 Å². The van der Waals surface area contributed by atoms with Gasteiger partial charge in [-0.25, -0.2) is 4.79 Å². The van der Waals surface area contributed by atoms with Gasteiger partial charge in [-0.05, 0) is 30.6 Å². The molecular formula is C15H21N3O4S. The van der Waals surface area contributed by atoms with Crippen molar-refractivity contribution in [3.8, 4) is 11.5 Å². The molecule has 7 nitrogen and oxygen atoms in total. The zero-order valence-electron chi connectivity index (χ0n) is 12.9. The SMILES string of the molecule is CSCC[C@@H](NC(N)=O)C(=O)NC[C@@H]1COc2ccccc2O1. The standard InChI is InChI=1S/C15H21N3O4S/c1-23-7-6-11(18-15(16)20)14(19)17-8-10-9-21-12-4-2-3-5-13(12)22-10/h2-5,10-11H,6-9H2,1H3,(H,17,19)(H3,16,18,20)/t10-,11-/m1/s1. The maximum atomic E-state index is 12.2. The minimum absolute atomic E-state index is 0.274. The second-order valence-electron chi connectivity index (χ2n) is 5.09. The molecule has 3 amide bonds. The molecule has 23 heavy (non-hydrogen) atoms. The molecule has 2 rings (SSSR count). The maximum absolute atomic E-state index is 12.2. The van der Waals surface area contributed by atoms with E-state index < -0.39 is 12.1 Å². The Balaban J connectivity index is 1.84. The largest absolute Gasteiger partial charge is 0.486 e. The van der Waals surface area contributed by atoms with E-state index in [0.29, 0.717) is 31.1 Å². The lowest BCUT2D eigenvalue weighted by Crippen LogP contribution is -2.51. The number of nitrogens with two attached hydrogens (primary N) is 1. The van der Waals surface area contributed by atoms with Crippen LogP contribution in [0.5, 0.6) is 11.5 Å². The van der Waals surface area contributed by atoms with Gasteiger partial charge in [0.15, 0.2) is 11.5 Å². The number of primary amides is 1. The summed E-state index contributed by atoms with van der Waals surface area (Å²) in [4.78, 5) is 23.2. The van der Waals surface area contributed by atoms with Gasteiger partial charge >= 0.3 is 6.03 Å². The molecule has 0 saturated carbocycles. The lowest BCUT2D eigenvalue weighted by Gasteiger charge is -2.27. The van der Waals surface area contributed by atoms with E-state index in [1.54, 1.807) is 11.8 Å². The van der Waals surface area contributed by atoms with Crippen molar-refractivity contribution in [3.05, 3.63) is 24.3 Å². The average molecular weight is 339 g/mol.